The van der Waals surface area contributed by atoms with E-state index in [1.807, 2.05) is 4.90 Å². The number of sulfonamides is 1. The summed E-state index contributed by atoms with van der Waals surface area (Å²) in [4.78, 5) is 1.54. The quantitative estimate of drug-likeness (QED) is 0.799. The van der Waals surface area contributed by atoms with Crippen molar-refractivity contribution < 1.29 is 17.9 Å². The number of halogens is 2. The Balaban J connectivity index is 2.29. The highest BCUT2D eigenvalue weighted by Crippen LogP contribution is 2.28. The van der Waals surface area contributed by atoms with E-state index in [2.05, 4.69) is 15.9 Å². The Morgan fingerprint density at radius 1 is 1.50 bits per heavy atom. The average molecular weight is 420 g/mol. The van der Waals surface area contributed by atoms with Crippen LogP contribution in [0.2, 0.25) is 0 Å². The van der Waals surface area contributed by atoms with Gasteiger partial charge in [-0.05, 0) is 41.9 Å². The van der Waals surface area contributed by atoms with Crippen LogP contribution in [0, 0.1) is 17.1 Å². The summed E-state index contributed by atoms with van der Waals surface area (Å²) in [6, 6.07) is 3.51. The standard InChI is InChI=1S/C15H19BrFN3O3S/c1-10-8-19(9-11(2)21)3-4-20(10)24(22,23)15-6-13(16)12(7-18)5-14(15)17/h5-6,10-11,21H,3-4,8-9H2,1-2H3/t10-,11+/m0/s1. The van der Waals surface area contributed by atoms with Gasteiger partial charge in [-0.3, -0.25) is 4.90 Å². The maximum absolute atomic E-state index is 14.2. The van der Waals surface area contributed by atoms with Gasteiger partial charge in [-0.2, -0.15) is 9.57 Å². The van der Waals surface area contributed by atoms with Gasteiger partial charge in [0.15, 0.2) is 0 Å². The summed E-state index contributed by atoms with van der Waals surface area (Å²) in [6.45, 7) is 5.04. The molecule has 1 aliphatic rings. The number of hydrogen-bond acceptors (Lipinski definition) is 5. The molecule has 9 heteroatoms. The fraction of sp³-hybridized carbons (Fsp3) is 0.533. The van der Waals surface area contributed by atoms with Crippen LogP contribution in [0.1, 0.15) is 19.4 Å². The Morgan fingerprint density at radius 3 is 2.71 bits per heavy atom. The zero-order chi connectivity index (χ0) is 18.1. The molecule has 1 aliphatic heterocycles. The van der Waals surface area contributed by atoms with Gasteiger partial charge in [0, 0.05) is 36.7 Å². The van der Waals surface area contributed by atoms with Crippen molar-refractivity contribution in [2.45, 2.75) is 30.9 Å². The molecule has 0 spiro atoms. The van der Waals surface area contributed by atoms with Crippen LogP contribution < -0.4 is 0 Å². The van der Waals surface area contributed by atoms with Crippen LogP contribution in [0.15, 0.2) is 21.5 Å². The van der Waals surface area contributed by atoms with Crippen molar-refractivity contribution in [2.75, 3.05) is 26.2 Å². The second-order valence-corrected chi connectivity index (χ2v) is 8.66. The number of nitrogens with zero attached hydrogens (tertiary/aromatic N) is 3. The van der Waals surface area contributed by atoms with E-state index in [1.165, 1.54) is 4.31 Å². The van der Waals surface area contributed by atoms with E-state index in [4.69, 9.17) is 5.26 Å². The highest BCUT2D eigenvalue weighted by Gasteiger charge is 2.35. The highest BCUT2D eigenvalue weighted by molar-refractivity contribution is 9.10. The topological polar surface area (TPSA) is 84.6 Å². The van der Waals surface area contributed by atoms with Crippen LogP contribution in [-0.4, -0.2) is 61.1 Å². The predicted molar refractivity (Wildman–Crippen MR) is 90.3 cm³/mol. The second kappa shape index (κ2) is 7.45. The first-order valence-electron chi connectivity index (χ1n) is 7.48. The number of piperazine rings is 1. The van der Waals surface area contributed by atoms with Crippen LogP contribution in [0.25, 0.3) is 0 Å². The van der Waals surface area contributed by atoms with Crippen molar-refractivity contribution in [1.82, 2.24) is 9.21 Å². The number of hydrogen-bond donors (Lipinski definition) is 1. The molecule has 1 aromatic carbocycles. The summed E-state index contributed by atoms with van der Waals surface area (Å²) in [7, 11) is -4.01. The van der Waals surface area contributed by atoms with E-state index >= 15 is 0 Å². The van der Waals surface area contributed by atoms with E-state index in [0.717, 1.165) is 12.1 Å². The number of aliphatic hydroxyl groups excluding tert-OH is 1. The molecule has 1 aromatic rings. The van der Waals surface area contributed by atoms with Crippen molar-refractivity contribution in [3.8, 4) is 6.07 Å². The van der Waals surface area contributed by atoms with E-state index in [0.29, 0.717) is 19.6 Å². The third-order valence-corrected chi connectivity index (χ3v) is 6.59. The maximum Gasteiger partial charge on any atom is 0.246 e. The molecule has 0 aromatic heterocycles. The molecule has 0 aliphatic carbocycles. The van der Waals surface area contributed by atoms with E-state index in [-0.39, 0.29) is 22.6 Å². The van der Waals surface area contributed by atoms with Crippen molar-refractivity contribution >= 4 is 26.0 Å². The van der Waals surface area contributed by atoms with Gasteiger partial charge in [0.25, 0.3) is 0 Å². The summed E-state index contributed by atoms with van der Waals surface area (Å²) >= 11 is 3.10. The SMILES string of the molecule is C[C@@H](O)CN1CCN(S(=O)(=O)c2cc(Br)c(C#N)cc2F)[C@@H](C)C1. The molecule has 6 nitrogen and oxygen atoms in total. The molecule has 0 unspecified atom stereocenters. The van der Waals surface area contributed by atoms with Crippen molar-refractivity contribution in [2.24, 2.45) is 0 Å². The van der Waals surface area contributed by atoms with E-state index in [1.54, 1.807) is 19.9 Å². The third kappa shape index (κ3) is 3.95. The van der Waals surface area contributed by atoms with Crippen LogP contribution >= 0.6 is 15.9 Å². The number of rotatable bonds is 4. The molecule has 1 fully saturated rings. The lowest BCUT2D eigenvalue weighted by atomic mass is 10.2. The molecule has 1 heterocycles. The van der Waals surface area contributed by atoms with Gasteiger partial charge in [0.1, 0.15) is 16.8 Å². The van der Waals surface area contributed by atoms with Gasteiger partial charge in [-0.25, -0.2) is 12.8 Å². The first kappa shape index (κ1) is 19.3. The molecule has 2 atom stereocenters. The molecule has 0 amide bonds. The molecule has 1 saturated heterocycles. The summed E-state index contributed by atoms with van der Waals surface area (Å²) in [6.07, 6.45) is -0.493. The van der Waals surface area contributed by atoms with Crippen LogP contribution in [0.3, 0.4) is 0 Å². The molecule has 0 radical (unpaired) electrons. The lowest BCUT2D eigenvalue weighted by Gasteiger charge is -2.39. The third-order valence-electron chi connectivity index (χ3n) is 3.90. The predicted octanol–water partition coefficient (Wildman–Crippen LogP) is 1.54. The van der Waals surface area contributed by atoms with Crippen LogP contribution in [0.5, 0.6) is 0 Å². The van der Waals surface area contributed by atoms with E-state index < -0.39 is 26.8 Å². The number of aliphatic hydroxyl groups is 1. The molecule has 0 bridgehead atoms. The van der Waals surface area contributed by atoms with Gasteiger partial charge in [0.2, 0.25) is 10.0 Å². The fourth-order valence-corrected chi connectivity index (χ4v) is 5.12. The lowest BCUT2D eigenvalue weighted by molar-refractivity contribution is 0.0839. The Labute approximate surface area is 149 Å². The molecule has 24 heavy (non-hydrogen) atoms. The lowest BCUT2D eigenvalue weighted by Crippen LogP contribution is -2.54. The second-order valence-electron chi connectivity index (χ2n) is 5.95. The molecule has 2 rings (SSSR count). The molecular formula is C15H19BrFN3O3S. The van der Waals surface area contributed by atoms with Gasteiger partial charge in [-0.15, -0.1) is 0 Å². The van der Waals surface area contributed by atoms with Crippen molar-refractivity contribution in [1.29, 1.82) is 5.26 Å². The number of benzene rings is 1. The van der Waals surface area contributed by atoms with Crippen LogP contribution in [-0.2, 0) is 10.0 Å². The van der Waals surface area contributed by atoms with Crippen molar-refractivity contribution in [3.05, 3.63) is 28.0 Å². The molecular weight excluding hydrogens is 401 g/mol. The number of nitriles is 1. The Kier molecular flexibility index (Phi) is 5.99. The van der Waals surface area contributed by atoms with Gasteiger partial charge in [-0.1, -0.05) is 0 Å². The first-order valence-corrected chi connectivity index (χ1v) is 9.71. The minimum Gasteiger partial charge on any atom is -0.392 e. The highest BCUT2D eigenvalue weighted by atomic mass is 79.9. The zero-order valence-electron chi connectivity index (χ0n) is 13.4. The molecule has 0 saturated carbocycles. The maximum atomic E-state index is 14.2. The molecule has 1 N–H and O–H groups in total. The Morgan fingerprint density at radius 2 is 2.17 bits per heavy atom. The van der Waals surface area contributed by atoms with Crippen molar-refractivity contribution in [3.63, 3.8) is 0 Å². The average Bonchev–Trinajstić information content (AvgIpc) is 2.48. The van der Waals surface area contributed by atoms with E-state index in [9.17, 15) is 17.9 Å². The minimum atomic E-state index is -4.01. The van der Waals surface area contributed by atoms with Crippen LogP contribution in [0.4, 0.5) is 4.39 Å². The molecule has 132 valence electrons. The summed E-state index contributed by atoms with van der Waals surface area (Å²) in [5.74, 6) is -0.937. The minimum absolute atomic E-state index is 0.0428. The Bertz CT molecular complexity index is 764. The van der Waals surface area contributed by atoms with Gasteiger partial charge in [0.05, 0.1) is 11.7 Å². The largest absolute Gasteiger partial charge is 0.392 e. The summed E-state index contributed by atoms with van der Waals surface area (Å²) < 4.78 is 41.4. The number of β-amino-alcohol motifs (C(OH)–C–C–N with tert-alkyl or cyclic N) is 1. The summed E-state index contributed by atoms with van der Waals surface area (Å²) in [5.41, 5.74) is 0.0428. The fourth-order valence-electron chi connectivity index (χ4n) is 2.85. The summed E-state index contributed by atoms with van der Waals surface area (Å²) in [5, 5.41) is 18.4. The Hall–Kier alpha value is -1.05. The smallest absolute Gasteiger partial charge is 0.246 e. The van der Waals surface area contributed by atoms with Gasteiger partial charge < -0.3 is 5.11 Å². The zero-order valence-corrected chi connectivity index (χ0v) is 15.8. The normalized spacial score (nSPS) is 21.4. The first-order chi connectivity index (χ1) is 11.2. The monoisotopic (exact) mass is 419 g/mol. The van der Waals surface area contributed by atoms with Gasteiger partial charge >= 0.3 is 0 Å².